The first-order chi connectivity index (χ1) is 4.18. The van der Waals surface area contributed by atoms with Crippen molar-refractivity contribution in [3.63, 3.8) is 0 Å². The zero-order valence-electron chi connectivity index (χ0n) is 5.30. The van der Waals surface area contributed by atoms with Crippen LogP contribution in [0.4, 0.5) is 0 Å². The van der Waals surface area contributed by atoms with Crippen LogP contribution in [0.1, 0.15) is 13.3 Å². The minimum atomic E-state index is -0.758. The Bertz CT molecular complexity index is 65.2. The van der Waals surface area contributed by atoms with Gasteiger partial charge >= 0.3 is 5.97 Å². The molecule has 4 heteroatoms. The Morgan fingerprint density at radius 1 is 1.67 bits per heavy atom. The minimum absolute atomic E-state index is 0.208. The number of carboxylic acid groups (broad SMARTS) is 1. The number of aliphatic carboxylic acids is 1. The summed E-state index contributed by atoms with van der Waals surface area (Å²) >= 11 is 2.97. The highest BCUT2D eigenvalue weighted by atomic mass is 79.9. The van der Waals surface area contributed by atoms with Crippen LogP contribution in [0.2, 0.25) is 0 Å². The summed E-state index contributed by atoms with van der Waals surface area (Å²) in [6.07, 6.45) is 0.208. The molecule has 0 heterocycles. The molecule has 0 radical (unpaired) electrons. The van der Waals surface area contributed by atoms with E-state index in [1.807, 2.05) is 0 Å². The Labute approximate surface area is 62.8 Å². The number of aliphatic hydroxyl groups is 1. The first kappa shape index (κ1) is 11.7. The molecule has 0 spiro atoms. The maximum atomic E-state index is 9.57. The lowest BCUT2D eigenvalue weighted by molar-refractivity contribution is -0.136. The number of hydrogen-bond donors (Lipinski definition) is 2. The predicted octanol–water partition coefficient (Wildman–Crippen LogP) is 0.855. The molecule has 0 aliphatic rings. The number of carbonyl (C=O) groups is 1. The Morgan fingerprint density at radius 3 is 2.00 bits per heavy atom. The summed E-state index contributed by atoms with van der Waals surface area (Å²) in [4.78, 5) is 9.57. The molecular formula is C5H11BrO3. The van der Waals surface area contributed by atoms with E-state index in [-0.39, 0.29) is 13.0 Å². The Hall–Kier alpha value is -0.0900. The van der Waals surface area contributed by atoms with Crippen molar-refractivity contribution >= 4 is 21.9 Å². The number of rotatable bonds is 2. The first-order valence-corrected chi connectivity index (χ1v) is 3.69. The van der Waals surface area contributed by atoms with E-state index < -0.39 is 5.97 Å². The SMILES string of the molecule is CCO.O=C(O)CCBr. The molecule has 2 N–H and O–H groups in total. The van der Waals surface area contributed by atoms with E-state index in [2.05, 4.69) is 15.9 Å². The van der Waals surface area contributed by atoms with Crippen LogP contribution in [0.3, 0.4) is 0 Å². The molecule has 0 unspecified atom stereocenters. The zero-order chi connectivity index (χ0) is 7.70. The third-order valence-electron chi connectivity index (χ3n) is 0.308. The van der Waals surface area contributed by atoms with E-state index >= 15 is 0 Å². The van der Waals surface area contributed by atoms with Gasteiger partial charge in [-0.05, 0) is 6.92 Å². The summed E-state index contributed by atoms with van der Waals surface area (Å²) in [6, 6.07) is 0. The highest BCUT2D eigenvalue weighted by molar-refractivity contribution is 9.09. The molecule has 0 aliphatic heterocycles. The number of halogens is 1. The predicted molar refractivity (Wildman–Crippen MR) is 38.8 cm³/mol. The van der Waals surface area contributed by atoms with E-state index in [9.17, 15) is 4.79 Å². The van der Waals surface area contributed by atoms with Crippen LogP contribution in [0.25, 0.3) is 0 Å². The largest absolute Gasteiger partial charge is 0.481 e. The number of aliphatic hydroxyl groups excluding tert-OH is 1. The van der Waals surface area contributed by atoms with Crippen molar-refractivity contribution in [1.82, 2.24) is 0 Å². The summed E-state index contributed by atoms with van der Waals surface area (Å²) in [6.45, 7) is 1.93. The Kier molecular flexibility index (Phi) is 14.0. The average Bonchev–Trinajstić information content (AvgIpc) is 1.67. The lowest BCUT2D eigenvalue weighted by atomic mass is 10.5. The summed E-state index contributed by atoms with van der Waals surface area (Å²) in [5, 5.41) is 16.0. The van der Waals surface area contributed by atoms with Gasteiger partial charge in [0.1, 0.15) is 0 Å². The highest BCUT2D eigenvalue weighted by Crippen LogP contribution is 1.84. The second-order valence-electron chi connectivity index (χ2n) is 1.15. The van der Waals surface area contributed by atoms with Gasteiger partial charge in [0.15, 0.2) is 0 Å². The second kappa shape index (κ2) is 10.8. The monoisotopic (exact) mass is 198 g/mol. The number of carboxylic acids is 1. The van der Waals surface area contributed by atoms with E-state index in [4.69, 9.17) is 10.2 Å². The smallest absolute Gasteiger partial charge is 0.304 e. The summed E-state index contributed by atoms with van der Waals surface area (Å²) < 4.78 is 0. The summed E-state index contributed by atoms with van der Waals surface area (Å²) in [5.41, 5.74) is 0. The van der Waals surface area contributed by atoms with Gasteiger partial charge in [-0.25, -0.2) is 0 Å². The Morgan fingerprint density at radius 2 is 2.00 bits per heavy atom. The molecule has 0 atom stereocenters. The van der Waals surface area contributed by atoms with Crippen molar-refractivity contribution in [2.24, 2.45) is 0 Å². The molecule has 0 fully saturated rings. The van der Waals surface area contributed by atoms with Crippen molar-refractivity contribution in [2.75, 3.05) is 11.9 Å². The molecule has 0 saturated carbocycles. The van der Waals surface area contributed by atoms with Gasteiger partial charge in [-0.15, -0.1) is 0 Å². The minimum Gasteiger partial charge on any atom is -0.481 e. The lowest BCUT2D eigenvalue weighted by Gasteiger charge is -1.78. The third-order valence-corrected chi connectivity index (χ3v) is 0.705. The number of hydrogen-bond acceptors (Lipinski definition) is 2. The van der Waals surface area contributed by atoms with E-state index in [0.29, 0.717) is 5.33 Å². The summed E-state index contributed by atoms with van der Waals surface area (Å²) in [5.74, 6) is -0.758. The van der Waals surface area contributed by atoms with Gasteiger partial charge in [0.25, 0.3) is 0 Å². The van der Waals surface area contributed by atoms with Gasteiger partial charge in [-0.1, -0.05) is 15.9 Å². The molecule has 3 nitrogen and oxygen atoms in total. The lowest BCUT2D eigenvalue weighted by Crippen LogP contribution is -1.92. The second-order valence-corrected chi connectivity index (χ2v) is 1.94. The van der Waals surface area contributed by atoms with Gasteiger partial charge in [-0.3, -0.25) is 4.79 Å². The van der Waals surface area contributed by atoms with Gasteiger partial charge in [-0.2, -0.15) is 0 Å². The molecule has 0 aromatic carbocycles. The van der Waals surface area contributed by atoms with E-state index in [0.717, 1.165) is 0 Å². The van der Waals surface area contributed by atoms with Crippen LogP contribution >= 0.6 is 15.9 Å². The number of alkyl halides is 1. The standard InChI is InChI=1S/C3H5BrO2.C2H6O/c4-2-1-3(5)6;1-2-3/h1-2H2,(H,5,6);3H,2H2,1H3. The van der Waals surface area contributed by atoms with Crippen molar-refractivity contribution in [1.29, 1.82) is 0 Å². The van der Waals surface area contributed by atoms with Crippen molar-refractivity contribution in [3.8, 4) is 0 Å². The van der Waals surface area contributed by atoms with Gasteiger partial charge in [0.2, 0.25) is 0 Å². The quantitative estimate of drug-likeness (QED) is 0.648. The van der Waals surface area contributed by atoms with Crippen LogP contribution < -0.4 is 0 Å². The molecule has 0 amide bonds. The van der Waals surface area contributed by atoms with E-state index in [1.54, 1.807) is 6.92 Å². The maximum Gasteiger partial charge on any atom is 0.304 e. The summed E-state index contributed by atoms with van der Waals surface area (Å²) in [7, 11) is 0. The molecule has 0 bridgehead atoms. The fourth-order valence-corrected chi connectivity index (χ4v) is 0.420. The van der Waals surface area contributed by atoms with Crippen molar-refractivity contribution in [2.45, 2.75) is 13.3 Å². The molecule has 0 saturated heterocycles. The zero-order valence-corrected chi connectivity index (χ0v) is 6.89. The molecule has 0 aromatic rings. The molecule has 9 heavy (non-hydrogen) atoms. The van der Waals surface area contributed by atoms with Gasteiger partial charge in [0, 0.05) is 11.9 Å². The molecule has 0 aliphatic carbocycles. The van der Waals surface area contributed by atoms with Gasteiger partial charge < -0.3 is 10.2 Å². The Balaban J connectivity index is 0. The normalized spacial score (nSPS) is 7.44. The highest BCUT2D eigenvalue weighted by Gasteiger charge is 1.88. The van der Waals surface area contributed by atoms with Crippen LogP contribution in [-0.4, -0.2) is 28.1 Å². The van der Waals surface area contributed by atoms with Crippen molar-refractivity contribution in [3.05, 3.63) is 0 Å². The maximum absolute atomic E-state index is 9.57. The van der Waals surface area contributed by atoms with Crippen LogP contribution in [0.15, 0.2) is 0 Å². The topological polar surface area (TPSA) is 57.5 Å². The van der Waals surface area contributed by atoms with Gasteiger partial charge in [0.05, 0.1) is 6.42 Å². The van der Waals surface area contributed by atoms with Crippen LogP contribution in [0.5, 0.6) is 0 Å². The first-order valence-electron chi connectivity index (χ1n) is 2.57. The van der Waals surface area contributed by atoms with Crippen LogP contribution in [-0.2, 0) is 4.79 Å². The average molecular weight is 199 g/mol. The molecule has 56 valence electrons. The van der Waals surface area contributed by atoms with Crippen LogP contribution in [0, 0.1) is 0 Å². The molecular weight excluding hydrogens is 188 g/mol. The van der Waals surface area contributed by atoms with E-state index in [1.165, 1.54) is 0 Å². The molecule has 0 rings (SSSR count). The fourth-order valence-electron chi connectivity index (χ4n) is 0.0808. The molecule has 0 aromatic heterocycles. The third kappa shape index (κ3) is 32.6. The fraction of sp³-hybridized carbons (Fsp3) is 0.800. The van der Waals surface area contributed by atoms with Crippen molar-refractivity contribution < 1.29 is 15.0 Å².